The molecule has 0 saturated heterocycles. The Labute approximate surface area is 147 Å². The highest BCUT2D eigenvalue weighted by molar-refractivity contribution is 6.33. The molecule has 1 atom stereocenters. The van der Waals surface area contributed by atoms with Crippen LogP contribution in [-0.4, -0.2) is 17.9 Å². The number of hydrogen-bond donors (Lipinski definition) is 2. The molecular formula is C19H21ClN2O2. The van der Waals surface area contributed by atoms with Crippen LogP contribution >= 0.6 is 11.6 Å². The standard InChI is InChI=1S/C19H21ClN2O2/c1-3-6-14-9-11-15(12-10-14)22-18(23)13(2)21-19(24)16-7-4-5-8-17(16)20/h4-5,7-13H,3,6H2,1-2H3,(H,21,24)(H,22,23)/t13-/m0/s1. The second kappa shape index (κ2) is 8.50. The summed E-state index contributed by atoms with van der Waals surface area (Å²) >= 11 is 5.99. The van der Waals surface area contributed by atoms with E-state index >= 15 is 0 Å². The van der Waals surface area contributed by atoms with E-state index in [9.17, 15) is 9.59 Å². The third-order valence-corrected chi connectivity index (χ3v) is 3.95. The molecule has 0 aliphatic heterocycles. The molecule has 2 N–H and O–H groups in total. The Hall–Kier alpha value is -2.33. The molecule has 0 heterocycles. The third kappa shape index (κ3) is 4.83. The first-order chi connectivity index (χ1) is 11.5. The normalized spacial score (nSPS) is 11.6. The van der Waals surface area contributed by atoms with Gasteiger partial charge in [0.15, 0.2) is 0 Å². The number of nitrogens with one attached hydrogen (secondary N) is 2. The molecule has 0 aliphatic rings. The van der Waals surface area contributed by atoms with Gasteiger partial charge in [-0.1, -0.05) is 49.2 Å². The van der Waals surface area contributed by atoms with Gasteiger partial charge in [-0.05, 0) is 43.2 Å². The van der Waals surface area contributed by atoms with E-state index in [4.69, 9.17) is 11.6 Å². The van der Waals surface area contributed by atoms with Crippen LogP contribution in [0.25, 0.3) is 0 Å². The van der Waals surface area contributed by atoms with Gasteiger partial charge in [0.05, 0.1) is 10.6 Å². The van der Waals surface area contributed by atoms with Crippen molar-refractivity contribution >= 4 is 29.1 Å². The van der Waals surface area contributed by atoms with Crippen molar-refractivity contribution in [1.29, 1.82) is 0 Å². The van der Waals surface area contributed by atoms with E-state index < -0.39 is 6.04 Å². The van der Waals surface area contributed by atoms with E-state index in [1.807, 2.05) is 24.3 Å². The van der Waals surface area contributed by atoms with Crippen molar-refractivity contribution in [2.45, 2.75) is 32.7 Å². The first-order valence-electron chi connectivity index (χ1n) is 7.96. The predicted octanol–water partition coefficient (Wildman–Crippen LogP) is 4.05. The van der Waals surface area contributed by atoms with Gasteiger partial charge >= 0.3 is 0 Å². The Kier molecular flexibility index (Phi) is 6.38. The van der Waals surface area contributed by atoms with Crippen LogP contribution in [0.5, 0.6) is 0 Å². The van der Waals surface area contributed by atoms with Crippen LogP contribution in [-0.2, 0) is 11.2 Å². The molecule has 0 saturated carbocycles. The number of halogens is 1. The Bertz CT molecular complexity index is 714. The van der Waals surface area contributed by atoms with Crippen molar-refractivity contribution in [3.8, 4) is 0 Å². The number of aryl methyl sites for hydroxylation is 1. The van der Waals surface area contributed by atoms with Gasteiger partial charge in [0, 0.05) is 5.69 Å². The summed E-state index contributed by atoms with van der Waals surface area (Å²) in [7, 11) is 0. The molecule has 2 rings (SSSR count). The number of anilines is 1. The number of carbonyl (C=O) groups excluding carboxylic acids is 2. The van der Waals surface area contributed by atoms with E-state index in [-0.39, 0.29) is 11.8 Å². The molecule has 0 aliphatic carbocycles. The van der Waals surface area contributed by atoms with Crippen molar-refractivity contribution < 1.29 is 9.59 Å². The van der Waals surface area contributed by atoms with Gasteiger partial charge in [-0.25, -0.2) is 0 Å². The number of hydrogen-bond acceptors (Lipinski definition) is 2. The number of rotatable bonds is 6. The first-order valence-corrected chi connectivity index (χ1v) is 8.34. The molecule has 4 nitrogen and oxygen atoms in total. The maximum Gasteiger partial charge on any atom is 0.253 e. The van der Waals surface area contributed by atoms with Crippen molar-refractivity contribution in [3.63, 3.8) is 0 Å². The largest absolute Gasteiger partial charge is 0.340 e. The molecule has 0 radical (unpaired) electrons. The number of carbonyl (C=O) groups is 2. The molecule has 0 unspecified atom stereocenters. The van der Waals surface area contributed by atoms with Crippen LogP contribution in [0.15, 0.2) is 48.5 Å². The van der Waals surface area contributed by atoms with Gasteiger partial charge in [-0.3, -0.25) is 9.59 Å². The third-order valence-electron chi connectivity index (χ3n) is 3.62. The summed E-state index contributed by atoms with van der Waals surface area (Å²) in [5.41, 5.74) is 2.29. The highest BCUT2D eigenvalue weighted by Gasteiger charge is 2.18. The second-order valence-corrected chi connectivity index (χ2v) is 6.02. The fraction of sp³-hybridized carbons (Fsp3) is 0.263. The Morgan fingerprint density at radius 1 is 1.08 bits per heavy atom. The van der Waals surface area contributed by atoms with Crippen LogP contribution in [0, 0.1) is 0 Å². The van der Waals surface area contributed by atoms with Crippen LogP contribution in [0.1, 0.15) is 36.2 Å². The van der Waals surface area contributed by atoms with Crippen LogP contribution in [0.3, 0.4) is 0 Å². The van der Waals surface area contributed by atoms with Crippen molar-refractivity contribution in [2.75, 3.05) is 5.32 Å². The van der Waals surface area contributed by atoms with Gasteiger partial charge in [-0.15, -0.1) is 0 Å². The van der Waals surface area contributed by atoms with E-state index in [0.29, 0.717) is 16.3 Å². The molecule has 2 amide bonds. The minimum atomic E-state index is -0.677. The Morgan fingerprint density at radius 3 is 2.38 bits per heavy atom. The number of benzene rings is 2. The molecule has 126 valence electrons. The van der Waals surface area contributed by atoms with Gasteiger partial charge in [0.1, 0.15) is 6.04 Å². The first kappa shape index (κ1) is 18.0. The fourth-order valence-electron chi connectivity index (χ4n) is 2.28. The van der Waals surface area contributed by atoms with E-state index in [1.165, 1.54) is 5.56 Å². The van der Waals surface area contributed by atoms with Crippen LogP contribution < -0.4 is 10.6 Å². The molecule has 0 aromatic heterocycles. The van der Waals surface area contributed by atoms with Gasteiger partial charge in [-0.2, -0.15) is 0 Å². The predicted molar refractivity (Wildman–Crippen MR) is 97.4 cm³/mol. The lowest BCUT2D eigenvalue weighted by atomic mass is 10.1. The smallest absolute Gasteiger partial charge is 0.253 e. The van der Waals surface area contributed by atoms with Gasteiger partial charge in [0.25, 0.3) is 5.91 Å². The minimum absolute atomic E-state index is 0.279. The summed E-state index contributed by atoms with van der Waals surface area (Å²) in [5.74, 6) is -0.653. The van der Waals surface area contributed by atoms with Crippen molar-refractivity contribution in [1.82, 2.24) is 5.32 Å². The summed E-state index contributed by atoms with van der Waals surface area (Å²) in [5, 5.41) is 5.80. The summed E-state index contributed by atoms with van der Waals surface area (Å²) in [6, 6.07) is 13.8. The molecule has 24 heavy (non-hydrogen) atoms. The molecule has 2 aromatic carbocycles. The molecule has 0 spiro atoms. The quantitative estimate of drug-likeness (QED) is 0.830. The van der Waals surface area contributed by atoms with Crippen LogP contribution in [0.2, 0.25) is 5.02 Å². The second-order valence-electron chi connectivity index (χ2n) is 5.61. The van der Waals surface area contributed by atoms with Gasteiger partial charge in [0.2, 0.25) is 5.91 Å². The van der Waals surface area contributed by atoms with Crippen LogP contribution in [0.4, 0.5) is 5.69 Å². The highest BCUT2D eigenvalue weighted by atomic mass is 35.5. The fourth-order valence-corrected chi connectivity index (χ4v) is 2.50. The van der Waals surface area contributed by atoms with E-state index in [1.54, 1.807) is 31.2 Å². The zero-order valence-corrected chi connectivity index (χ0v) is 14.6. The zero-order chi connectivity index (χ0) is 17.5. The average Bonchev–Trinajstić information content (AvgIpc) is 2.57. The molecule has 5 heteroatoms. The summed E-state index contributed by atoms with van der Waals surface area (Å²) < 4.78 is 0. The van der Waals surface area contributed by atoms with Crippen molar-refractivity contribution in [2.24, 2.45) is 0 Å². The maximum absolute atomic E-state index is 12.2. The minimum Gasteiger partial charge on any atom is -0.340 e. The molecular weight excluding hydrogens is 324 g/mol. The van der Waals surface area contributed by atoms with E-state index in [0.717, 1.165) is 12.8 Å². The van der Waals surface area contributed by atoms with E-state index in [2.05, 4.69) is 17.6 Å². The lowest BCUT2D eigenvalue weighted by Gasteiger charge is -2.15. The summed E-state index contributed by atoms with van der Waals surface area (Å²) in [4.78, 5) is 24.4. The molecule has 0 bridgehead atoms. The Balaban J connectivity index is 1.94. The van der Waals surface area contributed by atoms with Gasteiger partial charge < -0.3 is 10.6 Å². The van der Waals surface area contributed by atoms with Crippen molar-refractivity contribution in [3.05, 3.63) is 64.7 Å². The zero-order valence-electron chi connectivity index (χ0n) is 13.8. The Morgan fingerprint density at radius 2 is 1.75 bits per heavy atom. The average molecular weight is 345 g/mol. The lowest BCUT2D eigenvalue weighted by Crippen LogP contribution is -2.41. The topological polar surface area (TPSA) is 58.2 Å². The lowest BCUT2D eigenvalue weighted by molar-refractivity contribution is -0.117. The number of amides is 2. The molecule has 0 fully saturated rings. The maximum atomic E-state index is 12.2. The molecule has 2 aromatic rings. The summed E-state index contributed by atoms with van der Waals surface area (Å²) in [6.45, 7) is 3.76. The monoisotopic (exact) mass is 344 g/mol. The summed E-state index contributed by atoms with van der Waals surface area (Å²) in [6.07, 6.45) is 2.09. The SMILES string of the molecule is CCCc1ccc(NC(=O)[C@H](C)NC(=O)c2ccccc2Cl)cc1. The highest BCUT2D eigenvalue weighted by Crippen LogP contribution is 2.15.